The maximum atomic E-state index is 6.24. The summed E-state index contributed by atoms with van der Waals surface area (Å²) in [5, 5.41) is 3.29. The third-order valence-corrected chi connectivity index (χ3v) is 4.61. The molecule has 21 heavy (non-hydrogen) atoms. The summed E-state index contributed by atoms with van der Waals surface area (Å²) in [4.78, 5) is 2.54. The standard InChI is InChI=1S/C17H26N2O2/c1-17(14-7-4-3-5-8-14)20-13-16(21-17)12-19-10-6-9-15(19)11-18-2/h3-5,7-8,15-16,18H,6,9-13H2,1-2H3. The molecule has 2 aliphatic rings. The molecule has 0 aliphatic carbocycles. The minimum absolute atomic E-state index is 0.160. The van der Waals surface area contributed by atoms with Crippen molar-refractivity contribution in [3.63, 3.8) is 0 Å². The van der Waals surface area contributed by atoms with E-state index in [4.69, 9.17) is 9.47 Å². The first-order valence-electron chi connectivity index (χ1n) is 7.97. The van der Waals surface area contributed by atoms with E-state index in [-0.39, 0.29) is 6.10 Å². The summed E-state index contributed by atoms with van der Waals surface area (Å²) in [5.41, 5.74) is 1.10. The van der Waals surface area contributed by atoms with Gasteiger partial charge < -0.3 is 14.8 Å². The number of hydrogen-bond acceptors (Lipinski definition) is 4. The molecular weight excluding hydrogens is 264 g/mol. The Balaban J connectivity index is 1.60. The molecule has 0 radical (unpaired) electrons. The van der Waals surface area contributed by atoms with Gasteiger partial charge in [-0.1, -0.05) is 30.3 Å². The molecule has 116 valence electrons. The lowest BCUT2D eigenvalue weighted by atomic mass is 10.1. The predicted molar refractivity (Wildman–Crippen MR) is 83.1 cm³/mol. The average molecular weight is 290 g/mol. The highest BCUT2D eigenvalue weighted by molar-refractivity contribution is 5.20. The number of nitrogens with zero attached hydrogens (tertiary/aromatic N) is 1. The van der Waals surface area contributed by atoms with Gasteiger partial charge >= 0.3 is 0 Å². The van der Waals surface area contributed by atoms with E-state index in [9.17, 15) is 0 Å². The highest BCUT2D eigenvalue weighted by Gasteiger charge is 2.40. The molecule has 1 aromatic rings. The van der Waals surface area contributed by atoms with Crippen LogP contribution in [0.15, 0.2) is 30.3 Å². The normalized spacial score (nSPS) is 33.6. The Morgan fingerprint density at radius 2 is 2.14 bits per heavy atom. The zero-order chi connectivity index (χ0) is 14.7. The van der Waals surface area contributed by atoms with Crippen LogP contribution in [-0.4, -0.2) is 50.3 Å². The lowest BCUT2D eigenvalue weighted by Gasteiger charge is -2.28. The molecule has 0 amide bonds. The van der Waals surface area contributed by atoms with Gasteiger partial charge in [0.25, 0.3) is 0 Å². The van der Waals surface area contributed by atoms with Gasteiger partial charge in [0.2, 0.25) is 0 Å². The summed E-state index contributed by atoms with van der Waals surface area (Å²) >= 11 is 0. The summed E-state index contributed by atoms with van der Waals surface area (Å²) < 4.78 is 12.2. The molecule has 4 nitrogen and oxygen atoms in total. The van der Waals surface area contributed by atoms with Gasteiger partial charge in [0.05, 0.1) is 12.7 Å². The second-order valence-corrected chi connectivity index (χ2v) is 6.21. The van der Waals surface area contributed by atoms with Crippen LogP contribution in [0.25, 0.3) is 0 Å². The molecule has 0 saturated carbocycles. The van der Waals surface area contributed by atoms with Crippen molar-refractivity contribution in [2.75, 3.05) is 33.3 Å². The zero-order valence-corrected chi connectivity index (χ0v) is 13.0. The van der Waals surface area contributed by atoms with E-state index in [1.165, 1.54) is 19.4 Å². The molecule has 2 saturated heterocycles. The Kier molecular flexibility index (Phi) is 4.60. The quantitative estimate of drug-likeness (QED) is 0.899. The van der Waals surface area contributed by atoms with Crippen LogP contribution in [-0.2, 0) is 15.3 Å². The molecule has 1 N–H and O–H groups in total. The van der Waals surface area contributed by atoms with Crippen molar-refractivity contribution in [3.05, 3.63) is 35.9 Å². The average Bonchev–Trinajstić information content (AvgIpc) is 3.09. The first-order chi connectivity index (χ1) is 10.2. The Morgan fingerprint density at radius 3 is 2.90 bits per heavy atom. The monoisotopic (exact) mass is 290 g/mol. The van der Waals surface area contributed by atoms with E-state index in [1.807, 2.05) is 32.2 Å². The third kappa shape index (κ3) is 3.29. The minimum atomic E-state index is -0.593. The van der Waals surface area contributed by atoms with Gasteiger partial charge in [-0.15, -0.1) is 0 Å². The van der Waals surface area contributed by atoms with Crippen LogP contribution in [0.4, 0.5) is 0 Å². The van der Waals surface area contributed by atoms with Crippen LogP contribution in [0.1, 0.15) is 25.3 Å². The smallest absolute Gasteiger partial charge is 0.192 e. The van der Waals surface area contributed by atoms with E-state index in [0.29, 0.717) is 12.6 Å². The van der Waals surface area contributed by atoms with Gasteiger partial charge in [0, 0.05) is 24.7 Å². The maximum absolute atomic E-state index is 6.24. The number of benzene rings is 1. The van der Waals surface area contributed by atoms with E-state index < -0.39 is 5.79 Å². The van der Waals surface area contributed by atoms with E-state index >= 15 is 0 Å². The first kappa shape index (κ1) is 15.0. The Hall–Kier alpha value is -0.940. The van der Waals surface area contributed by atoms with Crippen molar-refractivity contribution in [3.8, 4) is 0 Å². The van der Waals surface area contributed by atoms with Crippen LogP contribution in [0, 0.1) is 0 Å². The summed E-state index contributed by atoms with van der Waals surface area (Å²) in [6, 6.07) is 10.9. The maximum Gasteiger partial charge on any atom is 0.192 e. The molecule has 1 aromatic carbocycles. The lowest BCUT2D eigenvalue weighted by molar-refractivity contribution is -0.163. The molecular formula is C17H26N2O2. The second-order valence-electron chi connectivity index (χ2n) is 6.21. The predicted octanol–water partition coefficient (Wildman–Crippen LogP) is 1.96. The molecule has 4 heteroatoms. The lowest BCUT2D eigenvalue weighted by Crippen LogP contribution is -2.42. The van der Waals surface area contributed by atoms with Crippen LogP contribution in [0.2, 0.25) is 0 Å². The number of ether oxygens (including phenoxy) is 2. The molecule has 0 bridgehead atoms. The molecule has 2 heterocycles. The molecule has 2 fully saturated rings. The fourth-order valence-corrected chi connectivity index (χ4v) is 3.48. The van der Waals surface area contributed by atoms with Gasteiger partial charge in [0.15, 0.2) is 5.79 Å². The number of rotatable bonds is 5. The number of likely N-dealkylation sites (N-methyl/N-ethyl adjacent to an activating group) is 1. The Labute approximate surface area is 127 Å². The fourth-order valence-electron chi connectivity index (χ4n) is 3.48. The SMILES string of the molecule is CNCC1CCCN1CC1COC(C)(c2ccccc2)O1. The number of hydrogen-bond donors (Lipinski definition) is 1. The molecule has 3 rings (SSSR count). The van der Waals surface area contributed by atoms with Gasteiger partial charge in [-0.2, -0.15) is 0 Å². The zero-order valence-electron chi connectivity index (χ0n) is 13.0. The van der Waals surface area contributed by atoms with Gasteiger partial charge in [-0.05, 0) is 33.4 Å². The van der Waals surface area contributed by atoms with Crippen molar-refractivity contribution < 1.29 is 9.47 Å². The van der Waals surface area contributed by atoms with Crippen molar-refractivity contribution >= 4 is 0 Å². The summed E-state index contributed by atoms with van der Waals surface area (Å²) in [6.45, 7) is 5.90. The Bertz CT molecular complexity index is 453. The first-order valence-corrected chi connectivity index (χ1v) is 7.97. The third-order valence-electron chi connectivity index (χ3n) is 4.61. The van der Waals surface area contributed by atoms with Gasteiger partial charge in [0.1, 0.15) is 0 Å². The van der Waals surface area contributed by atoms with Gasteiger partial charge in [-0.3, -0.25) is 4.90 Å². The van der Waals surface area contributed by atoms with Gasteiger partial charge in [-0.25, -0.2) is 0 Å². The van der Waals surface area contributed by atoms with Crippen molar-refractivity contribution in [1.29, 1.82) is 0 Å². The van der Waals surface area contributed by atoms with Crippen molar-refractivity contribution in [2.24, 2.45) is 0 Å². The van der Waals surface area contributed by atoms with E-state index in [2.05, 4.69) is 22.3 Å². The highest BCUT2D eigenvalue weighted by Crippen LogP contribution is 2.34. The summed E-state index contributed by atoms with van der Waals surface area (Å²) in [6.07, 6.45) is 2.73. The van der Waals surface area contributed by atoms with E-state index in [0.717, 1.165) is 18.7 Å². The van der Waals surface area contributed by atoms with E-state index in [1.54, 1.807) is 0 Å². The fraction of sp³-hybridized carbons (Fsp3) is 0.647. The van der Waals surface area contributed by atoms with Crippen molar-refractivity contribution in [2.45, 2.75) is 37.7 Å². The van der Waals surface area contributed by atoms with Crippen molar-refractivity contribution in [1.82, 2.24) is 10.2 Å². The summed E-state index contributed by atoms with van der Waals surface area (Å²) in [7, 11) is 2.03. The molecule has 2 aliphatic heterocycles. The largest absolute Gasteiger partial charge is 0.343 e. The molecule has 0 spiro atoms. The second kappa shape index (κ2) is 6.44. The molecule has 0 aromatic heterocycles. The summed E-state index contributed by atoms with van der Waals surface area (Å²) in [5.74, 6) is -0.593. The van der Waals surface area contributed by atoms with Crippen LogP contribution < -0.4 is 5.32 Å². The van der Waals surface area contributed by atoms with Crippen LogP contribution in [0.5, 0.6) is 0 Å². The van der Waals surface area contributed by atoms with Crippen LogP contribution in [0.3, 0.4) is 0 Å². The molecule has 3 unspecified atom stereocenters. The minimum Gasteiger partial charge on any atom is -0.343 e. The molecule has 3 atom stereocenters. The highest BCUT2D eigenvalue weighted by atomic mass is 16.7. The Morgan fingerprint density at radius 1 is 1.33 bits per heavy atom. The topological polar surface area (TPSA) is 33.7 Å². The van der Waals surface area contributed by atoms with Crippen LogP contribution >= 0.6 is 0 Å². The number of likely N-dealkylation sites (tertiary alicyclic amines) is 1. The number of nitrogens with one attached hydrogen (secondary N) is 1.